The normalized spacial score (nSPS) is 17.1. The van der Waals surface area contributed by atoms with Crippen molar-refractivity contribution >= 4 is 17.3 Å². The molecule has 20 heavy (non-hydrogen) atoms. The SMILES string of the molecule is Cc1ccccc1CC1Oc2cc(N)ccc2NC1=O. The number of hydrogen-bond acceptors (Lipinski definition) is 3. The summed E-state index contributed by atoms with van der Waals surface area (Å²) in [6.07, 6.45) is 0.0256. The minimum absolute atomic E-state index is 0.120. The lowest BCUT2D eigenvalue weighted by Crippen LogP contribution is -2.38. The molecule has 4 nitrogen and oxygen atoms in total. The van der Waals surface area contributed by atoms with Crippen LogP contribution in [-0.4, -0.2) is 12.0 Å². The molecule has 2 aromatic carbocycles. The standard InChI is InChI=1S/C16H16N2O2/c1-10-4-2-3-5-11(10)8-15-16(19)18-13-7-6-12(17)9-14(13)20-15/h2-7,9,15H,8,17H2,1H3,(H,18,19). The van der Waals surface area contributed by atoms with Gasteiger partial charge in [0.1, 0.15) is 5.75 Å². The van der Waals surface area contributed by atoms with Crippen LogP contribution in [0.5, 0.6) is 5.75 Å². The first-order chi connectivity index (χ1) is 9.63. The molecule has 0 radical (unpaired) electrons. The van der Waals surface area contributed by atoms with E-state index in [-0.39, 0.29) is 5.91 Å². The zero-order valence-electron chi connectivity index (χ0n) is 11.2. The summed E-state index contributed by atoms with van der Waals surface area (Å²) in [7, 11) is 0. The molecule has 0 aliphatic carbocycles. The van der Waals surface area contributed by atoms with Crippen molar-refractivity contribution in [1.82, 2.24) is 0 Å². The van der Waals surface area contributed by atoms with Crippen LogP contribution in [0.3, 0.4) is 0 Å². The number of carbonyl (C=O) groups is 1. The topological polar surface area (TPSA) is 64.3 Å². The number of amides is 1. The van der Waals surface area contributed by atoms with Crippen LogP contribution in [-0.2, 0) is 11.2 Å². The van der Waals surface area contributed by atoms with E-state index in [9.17, 15) is 4.79 Å². The lowest BCUT2D eigenvalue weighted by atomic mass is 10.0. The van der Waals surface area contributed by atoms with Crippen LogP contribution in [0.15, 0.2) is 42.5 Å². The number of aryl methyl sites for hydroxylation is 1. The molecule has 1 aliphatic rings. The van der Waals surface area contributed by atoms with Crippen molar-refractivity contribution in [2.45, 2.75) is 19.4 Å². The first-order valence-corrected chi connectivity index (χ1v) is 6.55. The fourth-order valence-corrected chi connectivity index (χ4v) is 2.33. The molecular formula is C16H16N2O2. The summed E-state index contributed by atoms with van der Waals surface area (Å²) in [6, 6.07) is 13.2. The second-order valence-electron chi connectivity index (χ2n) is 4.98. The maximum atomic E-state index is 12.1. The van der Waals surface area contributed by atoms with Gasteiger partial charge in [-0.25, -0.2) is 0 Å². The number of ether oxygens (including phenoxy) is 1. The number of benzene rings is 2. The highest BCUT2D eigenvalue weighted by molar-refractivity contribution is 5.98. The molecule has 3 rings (SSSR count). The van der Waals surface area contributed by atoms with E-state index in [1.54, 1.807) is 18.2 Å². The van der Waals surface area contributed by atoms with Crippen LogP contribution in [0.4, 0.5) is 11.4 Å². The smallest absolute Gasteiger partial charge is 0.265 e. The monoisotopic (exact) mass is 268 g/mol. The van der Waals surface area contributed by atoms with E-state index in [0.29, 0.717) is 23.5 Å². The molecule has 0 saturated carbocycles. The van der Waals surface area contributed by atoms with E-state index in [0.717, 1.165) is 11.1 Å². The van der Waals surface area contributed by atoms with Crippen molar-refractivity contribution in [2.24, 2.45) is 0 Å². The molecule has 0 aromatic heterocycles. The number of nitrogens with one attached hydrogen (secondary N) is 1. The Balaban J connectivity index is 1.85. The Morgan fingerprint density at radius 1 is 1.25 bits per heavy atom. The summed E-state index contributed by atoms with van der Waals surface area (Å²) in [5.74, 6) is 0.508. The highest BCUT2D eigenvalue weighted by atomic mass is 16.5. The largest absolute Gasteiger partial charge is 0.478 e. The van der Waals surface area contributed by atoms with Crippen molar-refractivity contribution in [3.05, 3.63) is 53.6 Å². The van der Waals surface area contributed by atoms with Gasteiger partial charge in [-0.1, -0.05) is 24.3 Å². The summed E-state index contributed by atoms with van der Waals surface area (Å²) >= 11 is 0. The molecular weight excluding hydrogens is 252 g/mol. The van der Waals surface area contributed by atoms with E-state index >= 15 is 0 Å². The molecule has 2 aromatic rings. The third-order valence-corrected chi connectivity index (χ3v) is 3.49. The summed E-state index contributed by atoms with van der Waals surface area (Å²) < 4.78 is 5.79. The van der Waals surface area contributed by atoms with Crippen LogP contribution in [0.2, 0.25) is 0 Å². The molecule has 0 spiro atoms. The van der Waals surface area contributed by atoms with Gasteiger partial charge in [-0.3, -0.25) is 4.79 Å². The van der Waals surface area contributed by atoms with E-state index < -0.39 is 6.10 Å². The molecule has 1 heterocycles. The zero-order valence-corrected chi connectivity index (χ0v) is 11.2. The minimum Gasteiger partial charge on any atom is -0.478 e. The highest BCUT2D eigenvalue weighted by Crippen LogP contribution is 2.32. The lowest BCUT2D eigenvalue weighted by Gasteiger charge is -2.26. The zero-order chi connectivity index (χ0) is 14.1. The van der Waals surface area contributed by atoms with Gasteiger partial charge in [0.25, 0.3) is 5.91 Å². The lowest BCUT2D eigenvalue weighted by molar-refractivity contribution is -0.123. The summed E-state index contributed by atoms with van der Waals surface area (Å²) in [4.78, 5) is 12.1. The quantitative estimate of drug-likeness (QED) is 0.823. The van der Waals surface area contributed by atoms with Crippen LogP contribution < -0.4 is 15.8 Å². The van der Waals surface area contributed by atoms with Gasteiger partial charge in [0.05, 0.1) is 5.69 Å². The van der Waals surface area contributed by atoms with Gasteiger partial charge in [0.15, 0.2) is 6.10 Å². The Morgan fingerprint density at radius 2 is 2.05 bits per heavy atom. The molecule has 0 bridgehead atoms. The van der Waals surface area contributed by atoms with Crippen LogP contribution in [0, 0.1) is 6.92 Å². The van der Waals surface area contributed by atoms with Crippen molar-refractivity contribution in [1.29, 1.82) is 0 Å². The Bertz CT molecular complexity index is 667. The third-order valence-electron chi connectivity index (χ3n) is 3.49. The Kier molecular flexibility index (Phi) is 3.06. The average molecular weight is 268 g/mol. The second-order valence-corrected chi connectivity index (χ2v) is 4.98. The summed E-state index contributed by atoms with van der Waals surface area (Å²) in [6.45, 7) is 2.03. The van der Waals surface area contributed by atoms with Gasteiger partial charge in [-0.15, -0.1) is 0 Å². The molecule has 4 heteroatoms. The molecule has 3 N–H and O–H groups in total. The molecule has 1 atom stereocenters. The van der Waals surface area contributed by atoms with E-state index in [1.807, 2.05) is 31.2 Å². The van der Waals surface area contributed by atoms with Crippen molar-refractivity contribution in [2.75, 3.05) is 11.1 Å². The number of hydrogen-bond donors (Lipinski definition) is 2. The number of nitrogens with two attached hydrogens (primary N) is 1. The van der Waals surface area contributed by atoms with E-state index in [4.69, 9.17) is 10.5 Å². The minimum atomic E-state index is -0.523. The number of nitrogen functional groups attached to an aromatic ring is 1. The third kappa shape index (κ3) is 2.32. The van der Waals surface area contributed by atoms with Gasteiger partial charge >= 0.3 is 0 Å². The first-order valence-electron chi connectivity index (χ1n) is 6.55. The Labute approximate surface area is 117 Å². The van der Waals surface area contributed by atoms with Crippen LogP contribution in [0.1, 0.15) is 11.1 Å². The molecule has 102 valence electrons. The molecule has 0 saturated heterocycles. The fraction of sp³-hybridized carbons (Fsp3) is 0.188. The van der Waals surface area contributed by atoms with Crippen molar-refractivity contribution in [3.63, 3.8) is 0 Å². The van der Waals surface area contributed by atoms with Gasteiger partial charge in [0.2, 0.25) is 0 Å². The number of carbonyl (C=O) groups excluding carboxylic acids is 1. The number of fused-ring (bicyclic) bond motifs is 1. The Morgan fingerprint density at radius 3 is 2.85 bits per heavy atom. The molecule has 1 aliphatic heterocycles. The van der Waals surface area contributed by atoms with E-state index in [2.05, 4.69) is 5.32 Å². The average Bonchev–Trinajstić information content (AvgIpc) is 2.42. The van der Waals surface area contributed by atoms with Crippen LogP contribution in [0.25, 0.3) is 0 Å². The maximum Gasteiger partial charge on any atom is 0.265 e. The molecule has 1 amide bonds. The van der Waals surface area contributed by atoms with E-state index in [1.165, 1.54) is 0 Å². The molecule has 1 unspecified atom stereocenters. The van der Waals surface area contributed by atoms with Gasteiger partial charge in [-0.2, -0.15) is 0 Å². The maximum absolute atomic E-state index is 12.1. The van der Waals surface area contributed by atoms with Crippen LogP contribution >= 0.6 is 0 Å². The molecule has 0 fully saturated rings. The van der Waals surface area contributed by atoms with Crippen molar-refractivity contribution < 1.29 is 9.53 Å². The second kappa shape index (κ2) is 4.89. The summed E-state index contributed by atoms with van der Waals surface area (Å²) in [5, 5.41) is 2.86. The van der Waals surface area contributed by atoms with Gasteiger partial charge < -0.3 is 15.8 Å². The Hall–Kier alpha value is -2.49. The van der Waals surface area contributed by atoms with Gasteiger partial charge in [-0.05, 0) is 30.2 Å². The van der Waals surface area contributed by atoms with Crippen molar-refractivity contribution in [3.8, 4) is 5.75 Å². The predicted octanol–water partition coefficient (Wildman–Crippen LogP) is 2.52. The number of anilines is 2. The number of rotatable bonds is 2. The summed E-state index contributed by atoms with van der Waals surface area (Å²) in [5.41, 5.74) is 9.30. The predicted molar refractivity (Wildman–Crippen MR) is 78.8 cm³/mol. The highest BCUT2D eigenvalue weighted by Gasteiger charge is 2.28. The first kappa shape index (κ1) is 12.5. The fourth-order valence-electron chi connectivity index (χ4n) is 2.33. The van der Waals surface area contributed by atoms with Gasteiger partial charge in [0, 0.05) is 18.2 Å².